The molecule has 76 valence electrons. The zero-order valence-electron chi connectivity index (χ0n) is 7.85. The van der Waals surface area contributed by atoms with Crippen LogP contribution in [0.1, 0.15) is 0 Å². The van der Waals surface area contributed by atoms with Crippen molar-refractivity contribution in [2.45, 2.75) is 9.79 Å². The maximum atomic E-state index is 9.62. The van der Waals surface area contributed by atoms with Crippen molar-refractivity contribution >= 4 is 23.4 Å². The molecule has 0 heterocycles. The molecule has 0 saturated heterocycles. The summed E-state index contributed by atoms with van der Waals surface area (Å²) in [4.78, 5) is 1.85. The second-order valence-electron chi connectivity index (χ2n) is 3.03. The molecule has 0 atom stereocenters. The van der Waals surface area contributed by atoms with Gasteiger partial charge in [0.1, 0.15) is 5.75 Å². The predicted molar refractivity (Wildman–Crippen MR) is 63.7 cm³/mol. The Labute approximate surface area is 97.7 Å². The van der Waals surface area contributed by atoms with Gasteiger partial charge in [-0.3, -0.25) is 0 Å². The van der Waals surface area contributed by atoms with Crippen LogP contribution in [0.3, 0.4) is 0 Å². The minimum atomic E-state index is 0.258. The number of phenolic OH excluding ortho intramolecular Hbond substituents is 1. The largest absolute Gasteiger partial charge is 0.507 e. The summed E-state index contributed by atoms with van der Waals surface area (Å²) in [6, 6.07) is 14.9. The van der Waals surface area contributed by atoms with E-state index in [1.165, 1.54) is 11.8 Å². The van der Waals surface area contributed by atoms with E-state index in [1.54, 1.807) is 18.2 Å². The van der Waals surface area contributed by atoms with Gasteiger partial charge in [0.2, 0.25) is 0 Å². The molecular formula is C12H9ClOS. The first-order chi connectivity index (χ1) is 7.25. The maximum Gasteiger partial charge on any atom is 0.129 e. The summed E-state index contributed by atoms with van der Waals surface area (Å²) < 4.78 is 0. The molecule has 0 saturated carbocycles. The number of benzene rings is 2. The van der Waals surface area contributed by atoms with Gasteiger partial charge in [0, 0.05) is 9.92 Å². The van der Waals surface area contributed by atoms with Gasteiger partial charge < -0.3 is 5.11 Å². The fraction of sp³-hybridized carbons (Fsp3) is 0. The van der Waals surface area contributed by atoms with Crippen LogP contribution in [0.15, 0.2) is 58.3 Å². The molecule has 0 fully saturated rings. The quantitative estimate of drug-likeness (QED) is 0.844. The van der Waals surface area contributed by atoms with Gasteiger partial charge in [-0.2, -0.15) is 0 Å². The van der Waals surface area contributed by atoms with Crippen molar-refractivity contribution in [1.29, 1.82) is 0 Å². The van der Waals surface area contributed by atoms with Gasteiger partial charge in [0.25, 0.3) is 0 Å². The van der Waals surface area contributed by atoms with Crippen LogP contribution in [-0.2, 0) is 0 Å². The molecule has 0 aliphatic rings. The van der Waals surface area contributed by atoms with Crippen molar-refractivity contribution in [2.24, 2.45) is 0 Å². The summed E-state index contributed by atoms with van der Waals surface area (Å²) in [5.74, 6) is 0.258. The zero-order chi connectivity index (χ0) is 10.7. The Balaban J connectivity index is 2.28. The molecule has 1 N–H and O–H groups in total. The van der Waals surface area contributed by atoms with Crippen LogP contribution >= 0.6 is 23.4 Å². The van der Waals surface area contributed by atoms with Gasteiger partial charge in [-0.15, -0.1) is 0 Å². The van der Waals surface area contributed by atoms with Crippen LogP contribution in [0.25, 0.3) is 0 Å². The van der Waals surface area contributed by atoms with Gasteiger partial charge in [-0.1, -0.05) is 41.6 Å². The second kappa shape index (κ2) is 4.60. The van der Waals surface area contributed by atoms with Crippen LogP contribution < -0.4 is 0 Å². The highest BCUT2D eigenvalue weighted by Gasteiger charge is 2.03. The van der Waals surface area contributed by atoms with Crippen molar-refractivity contribution in [3.05, 3.63) is 53.6 Å². The molecule has 0 aliphatic carbocycles. The fourth-order valence-corrected chi connectivity index (χ4v) is 2.33. The highest BCUT2D eigenvalue weighted by Crippen LogP contribution is 2.35. The van der Waals surface area contributed by atoms with E-state index in [0.29, 0.717) is 5.02 Å². The number of rotatable bonds is 2. The summed E-state index contributed by atoms with van der Waals surface area (Å²) in [6.45, 7) is 0. The van der Waals surface area contributed by atoms with Crippen molar-refractivity contribution in [3.63, 3.8) is 0 Å². The van der Waals surface area contributed by atoms with Crippen molar-refractivity contribution in [2.75, 3.05) is 0 Å². The number of aromatic hydroxyl groups is 1. The summed E-state index contributed by atoms with van der Waals surface area (Å²) in [6.07, 6.45) is 0. The second-order valence-corrected chi connectivity index (χ2v) is 4.58. The van der Waals surface area contributed by atoms with Crippen molar-refractivity contribution in [1.82, 2.24) is 0 Å². The molecular weight excluding hydrogens is 228 g/mol. The molecule has 2 aromatic carbocycles. The lowest BCUT2D eigenvalue weighted by atomic mass is 10.3. The highest BCUT2D eigenvalue weighted by molar-refractivity contribution is 7.99. The lowest BCUT2D eigenvalue weighted by Crippen LogP contribution is -1.75. The Morgan fingerprint density at radius 2 is 1.73 bits per heavy atom. The third-order valence-corrected chi connectivity index (χ3v) is 3.18. The molecule has 3 heteroatoms. The van der Waals surface area contributed by atoms with Crippen LogP contribution in [0.2, 0.25) is 5.02 Å². The van der Waals surface area contributed by atoms with Gasteiger partial charge in [0.05, 0.1) is 4.90 Å². The fourth-order valence-electron chi connectivity index (χ4n) is 1.19. The average Bonchev–Trinajstić information content (AvgIpc) is 2.25. The van der Waals surface area contributed by atoms with Gasteiger partial charge >= 0.3 is 0 Å². The Bertz CT molecular complexity index is 456. The SMILES string of the molecule is Oc1ccc(Cl)cc1Sc1ccccc1. The third-order valence-electron chi connectivity index (χ3n) is 1.89. The molecule has 0 bridgehead atoms. The standard InChI is InChI=1S/C12H9ClOS/c13-9-6-7-11(14)12(8-9)15-10-4-2-1-3-5-10/h1-8,14H. The smallest absolute Gasteiger partial charge is 0.129 e. The van der Waals surface area contributed by atoms with E-state index in [0.717, 1.165) is 9.79 Å². The first kappa shape index (κ1) is 10.4. The average molecular weight is 237 g/mol. The Hall–Kier alpha value is -1.12. The number of phenols is 1. The molecule has 0 aliphatic heterocycles. The molecule has 0 unspecified atom stereocenters. The minimum Gasteiger partial charge on any atom is -0.507 e. The van der Waals surface area contributed by atoms with Crippen LogP contribution in [0, 0.1) is 0 Å². The number of hydrogen-bond acceptors (Lipinski definition) is 2. The molecule has 0 aromatic heterocycles. The van der Waals surface area contributed by atoms with E-state index in [4.69, 9.17) is 11.6 Å². The normalized spacial score (nSPS) is 10.2. The van der Waals surface area contributed by atoms with Gasteiger partial charge in [-0.05, 0) is 30.3 Å². The predicted octanol–water partition coefficient (Wildman–Crippen LogP) is 4.20. The van der Waals surface area contributed by atoms with E-state index < -0.39 is 0 Å². The lowest BCUT2D eigenvalue weighted by molar-refractivity contribution is 0.462. The molecule has 0 spiro atoms. The number of halogens is 1. The third kappa shape index (κ3) is 2.67. The summed E-state index contributed by atoms with van der Waals surface area (Å²) in [5, 5.41) is 10.2. The van der Waals surface area contributed by atoms with Crippen LogP contribution in [0.5, 0.6) is 5.75 Å². The van der Waals surface area contributed by atoms with E-state index in [1.807, 2.05) is 30.3 Å². The first-order valence-corrected chi connectivity index (χ1v) is 5.66. The zero-order valence-corrected chi connectivity index (χ0v) is 9.42. The highest BCUT2D eigenvalue weighted by atomic mass is 35.5. The summed E-state index contributed by atoms with van der Waals surface area (Å²) in [5.41, 5.74) is 0. The van der Waals surface area contributed by atoms with Crippen LogP contribution in [0.4, 0.5) is 0 Å². The minimum absolute atomic E-state index is 0.258. The monoisotopic (exact) mass is 236 g/mol. The van der Waals surface area contributed by atoms with Crippen LogP contribution in [-0.4, -0.2) is 5.11 Å². The Morgan fingerprint density at radius 3 is 2.47 bits per heavy atom. The van der Waals surface area contributed by atoms with Crippen molar-refractivity contribution < 1.29 is 5.11 Å². The molecule has 2 aromatic rings. The molecule has 2 rings (SSSR count). The van der Waals surface area contributed by atoms with E-state index in [-0.39, 0.29) is 5.75 Å². The maximum absolute atomic E-state index is 9.62. The number of hydrogen-bond donors (Lipinski definition) is 1. The lowest BCUT2D eigenvalue weighted by Gasteiger charge is -2.04. The molecule has 0 amide bonds. The topological polar surface area (TPSA) is 20.2 Å². The molecule has 0 radical (unpaired) electrons. The Kier molecular flexibility index (Phi) is 3.19. The van der Waals surface area contributed by atoms with Gasteiger partial charge in [-0.25, -0.2) is 0 Å². The van der Waals surface area contributed by atoms with E-state index in [2.05, 4.69) is 0 Å². The van der Waals surface area contributed by atoms with Gasteiger partial charge in [0.15, 0.2) is 0 Å². The Morgan fingerprint density at radius 1 is 1.00 bits per heavy atom. The van der Waals surface area contributed by atoms with E-state index in [9.17, 15) is 5.11 Å². The van der Waals surface area contributed by atoms with E-state index >= 15 is 0 Å². The van der Waals surface area contributed by atoms with Crippen molar-refractivity contribution in [3.8, 4) is 5.75 Å². The molecule has 1 nitrogen and oxygen atoms in total. The first-order valence-electron chi connectivity index (χ1n) is 4.47. The summed E-state index contributed by atoms with van der Waals surface area (Å²) >= 11 is 7.35. The molecule has 15 heavy (non-hydrogen) atoms. The summed E-state index contributed by atoms with van der Waals surface area (Å²) in [7, 11) is 0.